The monoisotopic (exact) mass is 428 g/mol. The number of nitrogens with zero attached hydrogens (tertiary/aromatic N) is 3. The molecule has 4 aromatic rings. The SMILES string of the molecule is Cc1ccc2oc(SCc3noc(CCC(=O)Nc4cccc(Cl)c4)n3)nc2c1. The molecule has 2 aromatic carbocycles. The van der Waals surface area contributed by atoms with Crippen molar-refractivity contribution in [2.24, 2.45) is 0 Å². The van der Waals surface area contributed by atoms with Gasteiger partial charge in [-0.1, -0.05) is 40.7 Å². The van der Waals surface area contributed by atoms with Gasteiger partial charge >= 0.3 is 0 Å². The number of carbonyl (C=O) groups excluding carboxylic acids is 1. The molecule has 0 fully saturated rings. The van der Waals surface area contributed by atoms with Gasteiger partial charge in [0.2, 0.25) is 11.8 Å². The number of carbonyl (C=O) groups is 1. The molecule has 0 bridgehead atoms. The van der Waals surface area contributed by atoms with Gasteiger partial charge in [-0.2, -0.15) is 4.98 Å². The average molecular weight is 429 g/mol. The van der Waals surface area contributed by atoms with Crippen molar-refractivity contribution in [3.8, 4) is 0 Å². The lowest BCUT2D eigenvalue weighted by Crippen LogP contribution is -2.12. The first-order chi connectivity index (χ1) is 14.0. The molecule has 29 heavy (non-hydrogen) atoms. The number of halogens is 1. The Hall–Kier alpha value is -2.84. The van der Waals surface area contributed by atoms with Gasteiger partial charge in [-0.25, -0.2) is 4.98 Å². The number of nitrogens with one attached hydrogen (secondary N) is 1. The zero-order chi connectivity index (χ0) is 20.2. The molecular formula is C20H17ClN4O3S. The fourth-order valence-electron chi connectivity index (χ4n) is 2.66. The van der Waals surface area contributed by atoms with Crippen LogP contribution in [0.15, 0.2) is 56.6 Å². The molecule has 1 amide bonds. The largest absolute Gasteiger partial charge is 0.431 e. The van der Waals surface area contributed by atoms with E-state index in [-0.39, 0.29) is 12.3 Å². The first-order valence-electron chi connectivity index (χ1n) is 8.92. The third-order valence-corrected chi connectivity index (χ3v) is 5.09. The van der Waals surface area contributed by atoms with E-state index in [4.69, 9.17) is 20.5 Å². The Morgan fingerprint density at radius 1 is 1.21 bits per heavy atom. The van der Waals surface area contributed by atoms with Gasteiger partial charge < -0.3 is 14.3 Å². The maximum absolute atomic E-state index is 12.1. The maximum atomic E-state index is 12.1. The molecular weight excluding hydrogens is 412 g/mol. The molecule has 0 saturated carbocycles. The van der Waals surface area contributed by atoms with Crippen molar-refractivity contribution < 1.29 is 13.7 Å². The number of aromatic nitrogens is 3. The van der Waals surface area contributed by atoms with Crippen molar-refractivity contribution in [3.05, 3.63) is 64.8 Å². The number of amides is 1. The van der Waals surface area contributed by atoms with Crippen LogP contribution in [0.2, 0.25) is 5.02 Å². The molecule has 0 atom stereocenters. The quantitative estimate of drug-likeness (QED) is 0.412. The molecule has 0 radical (unpaired) electrons. The van der Waals surface area contributed by atoms with Crippen LogP contribution >= 0.6 is 23.4 Å². The Kier molecular flexibility index (Phi) is 5.82. The second-order valence-electron chi connectivity index (χ2n) is 6.40. The minimum Gasteiger partial charge on any atom is -0.431 e. The molecule has 0 spiro atoms. The van der Waals surface area contributed by atoms with Crippen molar-refractivity contribution in [3.63, 3.8) is 0 Å². The van der Waals surface area contributed by atoms with Crippen LogP contribution in [-0.2, 0) is 17.0 Å². The highest BCUT2D eigenvalue weighted by Crippen LogP contribution is 2.26. The standard InChI is InChI=1S/C20H17ClN4O3S/c1-12-5-6-16-15(9-12)23-20(27-16)29-11-17-24-19(28-25-17)8-7-18(26)22-14-4-2-3-13(21)10-14/h2-6,9-10H,7-8,11H2,1H3,(H,22,26). The van der Waals surface area contributed by atoms with Gasteiger partial charge in [0, 0.05) is 23.6 Å². The van der Waals surface area contributed by atoms with Crippen LogP contribution in [0.1, 0.15) is 23.7 Å². The summed E-state index contributed by atoms with van der Waals surface area (Å²) in [5.41, 5.74) is 3.35. The molecule has 0 aliphatic rings. The van der Waals surface area contributed by atoms with Gasteiger partial charge in [-0.3, -0.25) is 4.79 Å². The topological polar surface area (TPSA) is 94.0 Å². The van der Waals surface area contributed by atoms with E-state index in [9.17, 15) is 4.79 Å². The Morgan fingerprint density at radius 3 is 2.97 bits per heavy atom. The van der Waals surface area contributed by atoms with Gasteiger partial charge in [0.15, 0.2) is 11.4 Å². The number of anilines is 1. The number of hydrogen-bond acceptors (Lipinski definition) is 7. The molecule has 4 rings (SSSR count). The summed E-state index contributed by atoms with van der Waals surface area (Å²) < 4.78 is 10.9. The summed E-state index contributed by atoms with van der Waals surface area (Å²) in [5, 5.41) is 7.85. The zero-order valence-electron chi connectivity index (χ0n) is 15.5. The molecule has 0 saturated heterocycles. The minimum absolute atomic E-state index is 0.150. The maximum Gasteiger partial charge on any atom is 0.257 e. The smallest absolute Gasteiger partial charge is 0.257 e. The highest BCUT2D eigenvalue weighted by atomic mass is 35.5. The third-order valence-electron chi connectivity index (χ3n) is 4.03. The molecule has 148 valence electrons. The summed E-state index contributed by atoms with van der Waals surface area (Å²) in [7, 11) is 0. The Labute approximate surface area is 175 Å². The second-order valence-corrected chi connectivity index (χ2v) is 7.77. The van der Waals surface area contributed by atoms with E-state index in [1.54, 1.807) is 24.3 Å². The Balaban J connectivity index is 1.28. The van der Waals surface area contributed by atoms with Crippen LogP contribution in [0.5, 0.6) is 0 Å². The normalized spacial score (nSPS) is 11.1. The lowest BCUT2D eigenvalue weighted by atomic mass is 10.2. The van der Waals surface area contributed by atoms with Gasteiger partial charge in [0.1, 0.15) is 5.52 Å². The molecule has 0 aliphatic heterocycles. The van der Waals surface area contributed by atoms with Gasteiger partial charge in [-0.05, 0) is 42.8 Å². The Bertz CT molecular complexity index is 1160. The van der Waals surface area contributed by atoms with E-state index in [0.717, 1.165) is 16.7 Å². The van der Waals surface area contributed by atoms with Crippen LogP contribution in [0.25, 0.3) is 11.1 Å². The summed E-state index contributed by atoms with van der Waals surface area (Å²) in [6.07, 6.45) is 0.581. The molecule has 0 aliphatic carbocycles. The van der Waals surface area contributed by atoms with E-state index in [2.05, 4.69) is 20.4 Å². The predicted octanol–water partition coefficient (Wildman–Crippen LogP) is 5.04. The molecule has 7 nitrogen and oxygen atoms in total. The predicted molar refractivity (Wildman–Crippen MR) is 111 cm³/mol. The van der Waals surface area contributed by atoms with E-state index in [1.807, 2.05) is 25.1 Å². The lowest BCUT2D eigenvalue weighted by Gasteiger charge is -2.04. The van der Waals surface area contributed by atoms with E-state index in [0.29, 0.717) is 39.8 Å². The second kappa shape index (κ2) is 8.67. The number of hydrogen-bond donors (Lipinski definition) is 1. The fourth-order valence-corrected chi connectivity index (χ4v) is 3.54. The van der Waals surface area contributed by atoms with Gasteiger partial charge in [0.05, 0.1) is 5.75 Å². The Morgan fingerprint density at radius 2 is 2.10 bits per heavy atom. The summed E-state index contributed by atoms with van der Waals surface area (Å²) in [6, 6.07) is 12.9. The number of oxazole rings is 1. The van der Waals surface area contributed by atoms with Crippen LogP contribution in [0, 0.1) is 6.92 Å². The molecule has 2 heterocycles. The van der Waals surface area contributed by atoms with Gasteiger partial charge in [0.25, 0.3) is 5.22 Å². The van der Waals surface area contributed by atoms with Crippen molar-refractivity contribution in [2.45, 2.75) is 30.7 Å². The average Bonchev–Trinajstić information content (AvgIpc) is 3.30. The molecule has 2 aromatic heterocycles. The zero-order valence-corrected chi connectivity index (χ0v) is 17.1. The molecule has 0 unspecified atom stereocenters. The first-order valence-corrected chi connectivity index (χ1v) is 10.3. The summed E-state index contributed by atoms with van der Waals surface area (Å²) in [4.78, 5) is 20.8. The number of thioether (sulfide) groups is 1. The van der Waals surface area contributed by atoms with Crippen LogP contribution in [0.4, 0.5) is 5.69 Å². The number of benzene rings is 2. The van der Waals surface area contributed by atoms with Crippen molar-refractivity contribution >= 4 is 46.1 Å². The third kappa shape index (κ3) is 5.16. The molecule has 9 heteroatoms. The fraction of sp³-hybridized carbons (Fsp3) is 0.200. The van der Waals surface area contributed by atoms with Crippen LogP contribution < -0.4 is 5.32 Å². The number of fused-ring (bicyclic) bond motifs is 1. The lowest BCUT2D eigenvalue weighted by molar-refractivity contribution is -0.116. The first kappa shape index (κ1) is 19.5. The van der Waals surface area contributed by atoms with E-state index in [1.165, 1.54) is 11.8 Å². The van der Waals surface area contributed by atoms with Crippen LogP contribution in [-0.4, -0.2) is 21.0 Å². The van der Waals surface area contributed by atoms with Gasteiger partial charge in [-0.15, -0.1) is 0 Å². The minimum atomic E-state index is -0.150. The van der Waals surface area contributed by atoms with Crippen molar-refractivity contribution in [2.75, 3.05) is 5.32 Å². The molecule has 1 N–H and O–H groups in total. The summed E-state index contributed by atoms with van der Waals surface area (Å²) in [6.45, 7) is 2.01. The highest BCUT2D eigenvalue weighted by molar-refractivity contribution is 7.98. The summed E-state index contributed by atoms with van der Waals surface area (Å²) >= 11 is 7.30. The number of aryl methyl sites for hydroxylation is 2. The highest BCUT2D eigenvalue weighted by Gasteiger charge is 2.12. The van der Waals surface area contributed by atoms with Crippen molar-refractivity contribution in [1.29, 1.82) is 0 Å². The van der Waals surface area contributed by atoms with E-state index >= 15 is 0 Å². The van der Waals surface area contributed by atoms with Crippen LogP contribution in [0.3, 0.4) is 0 Å². The summed E-state index contributed by atoms with van der Waals surface area (Å²) in [5.74, 6) is 1.25. The van der Waals surface area contributed by atoms with E-state index < -0.39 is 0 Å². The van der Waals surface area contributed by atoms with Crippen molar-refractivity contribution in [1.82, 2.24) is 15.1 Å². The number of rotatable bonds is 7.